The lowest BCUT2D eigenvalue weighted by Gasteiger charge is -2.13. The summed E-state index contributed by atoms with van der Waals surface area (Å²) in [5.41, 5.74) is 6.93. The Bertz CT molecular complexity index is 615. The highest BCUT2D eigenvalue weighted by Gasteiger charge is 2.40. The van der Waals surface area contributed by atoms with Crippen molar-refractivity contribution in [2.75, 3.05) is 0 Å². The van der Waals surface area contributed by atoms with Crippen LogP contribution in [0.25, 0.3) is 0 Å². The third-order valence-corrected chi connectivity index (χ3v) is 3.53. The normalized spacial score (nSPS) is 20.8. The quantitative estimate of drug-likeness (QED) is 0.928. The van der Waals surface area contributed by atoms with Gasteiger partial charge in [0.05, 0.1) is 0 Å². The van der Waals surface area contributed by atoms with E-state index in [4.69, 9.17) is 10.5 Å². The molecule has 0 heterocycles. The lowest BCUT2D eigenvalue weighted by molar-refractivity contribution is 0.284. The number of rotatable bonds is 4. The fourth-order valence-corrected chi connectivity index (χ4v) is 2.32. The predicted molar refractivity (Wildman–Crippen MR) is 72.5 cm³/mol. The summed E-state index contributed by atoms with van der Waals surface area (Å²) < 4.78 is 33.3. The largest absolute Gasteiger partial charge is 0.485 e. The van der Waals surface area contributed by atoms with Crippen LogP contribution in [0.3, 0.4) is 0 Å². The summed E-state index contributed by atoms with van der Waals surface area (Å²) in [6, 6.07) is 11.5. The number of hydrogen-bond acceptors (Lipinski definition) is 2. The summed E-state index contributed by atoms with van der Waals surface area (Å²) in [4.78, 5) is 0. The van der Waals surface area contributed by atoms with Crippen molar-refractivity contribution < 1.29 is 13.5 Å². The molecule has 0 amide bonds. The molecule has 2 aromatic carbocycles. The first-order valence-corrected chi connectivity index (χ1v) is 6.57. The van der Waals surface area contributed by atoms with Crippen LogP contribution in [0, 0.1) is 11.6 Å². The summed E-state index contributed by atoms with van der Waals surface area (Å²) in [5, 5.41) is 0. The first kappa shape index (κ1) is 13.1. The van der Waals surface area contributed by atoms with E-state index in [2.05, 4.69) is 0 Å². The van der Waals surface area contributed by atoms with E-state index in [1.807, 2.05) is 30.3 Å². The van der Waals surface area contributed by atoms with Crippen molar-refractivity contribution in [2.45, 2.75) is 25.0 Å². The summed E-state index contributed by atoms with van der Waals surface area (Å²) in [7, 11) is 0. The van der Waals surface area contributed by atoms with Crippen molar-refractivity contribution >= 4 is 0 Å². The molecule has 0 unspecified atom stereocenters. The third kappa shape index (κ3) is 2.51. The second kappa shape index (κ2) is 5.21. The predicted octanol–water partition coefficient (Wildman–Crippen LogP) is 3.36. The van der Waals surface area contributed by atoms with Gasteiger partial charge < -0.3 is 10.5 Å². The Labute approximate surface area is 116 Å². The molecule has 0 bridgehead atoms. The number of halogens is 2. The molecule has 3 rings (SSSR count). The van der Waals surface area contributed by atoms with Crippen LogP contribution in [0.5, 0.6) is 5.75 Å². The van der Waals surface area contributed by atoms with Gasteiger partial charge in [0.2, 0.25) is 0 Å². The highest BCUT2D eigenvalue weighted by molar-refractivity contribution is 5.43. The zero-order valence-corrected chi connectivity index (χ0v) is 10.9. The van der Waals surface area contributed by atoms with Crippen molar-refractivity contribution in [3.63, 3.8) is 0 Å². The number of hydrogen-bond donors (Lipinski definition) is 1. The van der Waals surface area contributed by atoms with Gasteiger partial charge in [-0.3, -0.25) is 0 Å². The van der Waals surface area contributed by atoms with Gasteiger partial charge in [0.1, 0.15) is 12.4 Å². The van der Waals surface area contributed by atoms with Crippen molar-refractivity contribution in [3.8, 4) is 5.75 Å². The summed E-state index contributed by atoms with van der Waals surface area (Å²) >= 11 is 0. The average molecular weight is 275 g/mol. The maximum absolute atomic E-state index is 13.9. The smallest absolute Gasteiger partial charge is 0.165 e. The molecule has 2 aromatic rings. The first-order valence-electron chi connectivity index (χ1n) is 6.57. The van der Waals surface area contributed by atoms with Crippen LogP contribution >= 0.6 is 0 Å². The van der Waals surface area contributed by atoms with E-state index < -0.39 is 11.6 Å². The minimum Gasteiger partial charge on any atom is -0.485 e. The summed E-state index contributed by atoms with van der Waals surface area (Å²) in [6.07, 6.45) is 0.669. The molecule has 1 aliphatic carbocycles. The molecule has 1 aliphatic rings. The van der Waals surface area contributed by atoms with Gasteiger partial charge in [0.15, 0.2) is 11.6 Å². The van der Waals surface area contributed by atoms with Crippen LogP contribution in [0.1, 0.15) is 23.5 Å². The van der Waals surface area contributed by atoms with E-state index in [9.17, 15) is 8.78 Å². The first-order chi connectivity index (χ1) is 9.66. The van der Waals surface area contributed by atoms with E-state index >= 15 is 0 Å². The second-order valence-electron chi connectivity index (χ2n) is 5.05. The maximum Gasteiger partial charge on any atom is 0.165 e. The van der Waals surface area contributed by atoms with E-state index in [-0.39, 0.29) is 29.9 Å². The molecular weight excluding hydrogens is 260 g/mol. The van der Waals surface area contributed by atoms with E-state index in [1.54, 1.807) is 0 Å². The molecule has 0 radical (unpaired) electrons. The Hall–Kier alpha value is -1.94. The highest BCUT2D eigenvalue weighted by Crippen LogP contribution is 2.45. The van der Waals surface area contributed by atoms with E-state index in [1.165, 1.54) is 0 Å². The van der Waals surface area contributed by atoms with Crippen LogP contribution in [0.2, 0.25) is 0 Å². The van der Waals surface area contributed by atoms with Crippen LogP contribution < -0.4 is 10.5 Å². The molecule has 1 fully saturated rings. The van der Waals surface area contributed by atoms with Gasteiger partial charge in [-0.1, -0.05) is 30.3 Å². The highest BCUT2D eigenvalue weighted by atomic mass is 19.1. The number of ether oxygens (including phenoxy) is 1. The van der Waals surface area contributed by atoms with Gasteiger partial charge in [-0.15, -0.1) is 0 Å². The molecule has 0 aliphatic heterocycles. The monoisotopic (exact) mass is 275 g/mol. The average Bonchev–Trinajstić information content (AvgIpc) is 3.17. The molecule has 4 heteroatoms. The van der Waals surface area contributed by atoms with Crippen molar-refractivity contribution in [1.29, 1.82) is 0 Å². The third-order valence-electron chi connectivity index (χ3n) is 3.53. The molecule has 0 saturated heterocycles. The Balaban J connectivity index is 1.86. The van der Waals surface area contributed by atoms with E-state index in [0.29, 0.717) is 6.42 Å². The fourth-order valence-electron chi connectivity index (χ4n) is 2.32. The zero-order valence-electron chi connectivity index (χ0n) is 10.9. The number of benzene rings is 2. The number of nitrogens with two attached hydrogens (primary N) is 1. The topological polar surface area (TPSA) is 35.2 Å². The lowest BCUT2D eigenvalue weighted by atomic mass is 10.1. The molecule has 1 saturated carbocycles. The molecular formula is C16H15F2NO. The zero-order chi connectivity index (χ0) is 14.1. The maximum atomic E-state index is 13.9. The lowest BCUT2D eigenvalue weighted by Crippen LogP contribution is -2.07. The molecule has 2 N–H and O–H groups in total. The van der Waals surface area contributed by atoms with Crippen LogP contribution in [-0.2, 0) is 6.61 Å². The van der Waals surface area contributed by atoms with E-state index in [0.717, 1.165) is 17.7 Å². The minimum atomic E-state index is -0.545. The van der Waals surface area contributed by atoms with Gasteiger partial charge in [0, 0.05) is 17.5 Å². The Kier molecular flexibility index (Phi) is 3.40. The Morgan fingerprint density at radius 3 is 2.35 bits per heavy atom. The van der Waals surface area contributed by atoms with Gasteiger partial charge in [-0.25, -0.2) is 8.78 Å². The van der Waals surface area contributed by atoms with Crippen molar-refractivity contribution in [1.82, 2.24) is 0 Å². The van der Waals surface area contributed by atoms with Crippen LogP contribution in [0.15, 0.2) is 42.5 Å². The van der Waals surface area contributed by atoms with Crippen molar-refractivity contribution in [3.05, 3.63) is 65.2 Å². The fraction of sp³-hybridized carbons (Fsp3) is 0.250. The van der Waals surface area contributed by atoms with Gasteiger partial charge >= 0.3 is 0 Å². The SMILES string of the molecule is N[C@H]1C[C@@H]1c1c(F)ccc(F)c1OCc1ccccc1. The molecule has 2 nitrogen and oxygen atoms in total. The molecule has 0 spiro atoms. The van der Waals surface area contributed by atoms with Gasteiger partial charge in [0.25, 0.3) is 0 Å². The van der Waals surface area contributed by atoms with Gasteiger partial charge in [-0.2, -0.15) is 0 Å². The van der Waals surface area contributed by atoms with Crippen molar-refractivity contribution in [2.24, 2.45) is 5.73 Å². The summed E-state index contributed by atoms with van der Waals surface area (Å²) in [6.45, 7) is 0.205. The molecule has 0 aromatic heterocycles. The molecule has 2 atom stereocenters. The van der Waals surface area contributed by atoms with Crippen LogP contribution in [0.4, 0.5) is 8.78 Å². The van der Waals surface area contributed by atoms with Crippen LogP contribution in [-0.4, -0.2) is 6.04 Å². The Morgan fingerprint density at radius 2 is 1.70 bits per heavy atom. The second-order valence-corrected chi connectivity index (χ2v) is 5.05. The molecule has 20 heavy (non-hydrogen) atoms. The standard InChI is InChI=1S/C16H15F2NO/c17-12-6-7-13(18)16(15(12)11-8-14(11)19)20-9-10-4-2-1-3-5-10/h1-7,11,14H,8-9,19H2/t11-,14-/m0/s1. The van der Waals surface area contributed by atoms with Gasteiger partial charge in [-0.05, 0) is 24.1 Å². The molecule has 104 valence electrons. The summed E-state index contributed by atoms with van der Waals surface area (Å²) in [5.74, 6) is -1.15. The minimum absolute atomic E-state index is 0.00759. The Morgan fingerprint density at radius 1 is 1.05 bits per heavy atom.